The fraction of sp³-hybridized carbons (Fsp3) is 0.0714. The molecule has 1 unspecified atom stereocenters. The van der Waals surface area contributed by atoms with Crippen LogP contribution < -0.4 is 5.32 Å². The molecule has 3 aromatic rings. The van der Waals surface area contributed by atoms with Gasteiger partial charge in [0.1, 0.15) is 4.60 Å². The molecule has 0 bridgehead atoms. The highest BCUT2D eigenvalue weighted by atomic mass is 79.9. The minimum atomic E-state index is 0.0907. The largest absolute Gasteiger partial charge is 0.371 e. The van der Waals surface area contributed by atoms with E-state index >= 15 is 0 Å². The number of nitrogens with one attached hydrogen (secondary N) is 1. The van der Waals surface area contributed by atoms with Crippen molar-refractivity contribution in [2.75, 3.05) is 5.32 Å². The SMILES string of the molecule is Clc1ccc(C(Nc2cccnc2Br)c2cccs2)s1. The van der Waals surface area contributed by atoms with Gasteiger partial charge in [0, 0.05) is 16.0 Å². The van der Waals surface area contributed by atoms with E-state index in [1.54, 1.807) is 28.9 Å². The molecule has 0 radical (unpaired) electrons. The molecule has 0 fully saturated rings. The van der Waals surface area contributed by atoms with Crippen LogP contribution in [0.4, 0.5) is 5.69 Å². The summed E-state index contributed by atoms with van der Waals surface area (Å²) in [4.78, 5) is 6.68. The van der Waals surface area contributed by atoms with Crippen molar-refractivity contribution in [3.05, 3.63) is 66.7 Å². The van der Waals surface area contributed by atoms with Crippen LogP contribution in [0.5, 0.6) is 0 Å². The number of halogens is 2. The summed E-state index contributed by atoms with van der Waals surface area (Å²) in [7, 11) is 0. The van der Waals surface area contributed by atoms with Gasteiger partial charge in [-0.25, -0.2) is 4.98 Å². The third-order valence-corrected chi connectivity index (χ3v) is 5.63. The number of aromatic nitrogens is 1. The molecule has 0 amide bonds. The van der Waals surface area contributed by atoms with Gasteiger partial charge in [-0.3, -0.25) is 0 Å². The second kappa shape index (κ2) is 6.26. The molecule has 0 saturated heterocycles. The van der Waals surface area contributed by atoms with E-state index < -0.39 is 0 Å². The molecule has 0 aliphatic carbocycles. The quantitative estimate of drug-likeness (QED) is 0.572. The van der Waals surface area contributed by atoms with Gasteiger partial charge in [0.25, 0.3) is 0 Å². The van der Waals surface area contributed by atoms with Crippen molar-refractivity contribution >= 4 is 55.9 Å². The summed E-state index contributed by atoms with van der Waals surface area (Å²) in [6.07, 6.45) is 1.76. The van der Waals surface area contributed by atoms with Gasteiger partial charge in [-0.1, -0.05) is 17.7 Å². The highest BCUT2D eigenvalue weighted by molar-refractivity contribution is 9.10. The predicted molar refractivity (Wildman–Crippen MR) is 91.1 cm³/mol. The van der Waals surface area contributed by atoms with Gasteiger partial charge in [0.15, 0.2) is 0 Å². The van der Waals surface area contributed by atoms with Gasteiger partial charge in [-0.15, -0.1) is 22.7 Å². The highest BCUT2D eigenvalue weighted by Crippen LogP contribution is 2.36. The molecule has 1 atom stereocenters. The van der Waals surface area contributed by atoms with Crippen LogP contribution in [-0.4, -0.2) is 4.98 Å². The van der Waals surface area contributed by atoms with Gasteiger partial charge in [0.2, 0.25) is 0 Å². The lowest BCUT2D eigenvalue weighted by atomic mass is 10.2. The van der Waals surface area contributed by atoms with Crippen molar-refractivity contribution in [2.24, 2.45) is 0 Å². The third-order valence-electron chi connectivity index (χ3n) is 2.77. The van der Waals surface area contributed by atoms with Crippen LogP contribution in [0.15, 0.2) is 52.6 Å². The maximum Gasteiger partial charge on any atom is 0.129 e. The summed E-state index contributed by atoms with van der Waals surface area (Å²) in [6, 6.07) is 12.2. The van der Waals surface area contributed by atoms with Crippen LogP contribution in [0.1, 0.15) is 15.8 Å². The zero-order valence-electron chi connectivity index (χ0n) is 10.2. The molecule has 0 aliphatic rings. The first kappa shape index (κ1) is 14.1. The first-order valence-electron chi connectivity index (χ1n) is 5.90. The number of hydrogen-bond donors (Lipinski definition) is 1. The van der Waals surface area contributed by atoms with E-state index in [0.717, 1.165) is 14.6 Å². The third kappa shape index (κ3) is 3.06. The van der Waals surface area contributed by atoms with E-state index in [0.29, 0.717) is 0 Å². The van der Waals surface area contributed by atoms with Crippen molar-refractivity contribution in [1.29, 1.82) is 0 Å². The molecule has 20 heavy (non-hydrogen) atoms. The Bertz CT molecular complexity index is 697. The molecule has 3 rings (SSSR count). The molecule has 6 heteroatoms. The van der Waals surface area contributed by atoms with E-state index in [1.165, 1.54) is 9.75 Å². The average Bonchev–Trinajstić information content (AvgIpc) is 3.09. The van der Waals surface area contributed by atoms with Crippen LogP contribution in [0.3, 0.4) is 0 Å². The van der Waals surface area contributed by atoms with Crippen molar-refractivity contribution in [3.63, 3.8) is 0 Å². The van der Waals surface area contributed by atoms with Crippen LogP contribution in [0.2, 0.25) is 4.34 Å². The second-order valence-corrected chi connectivity index (χ2v) is 7.55. The predicted octanol–water partition coefficient (Wildman–Crippen LogP) is 5.82. The maximum atomic E-state index is 6.07. The molecule has 102 valence electrons. The smallest absolute Gasteiger partial charge is 0.129 e. The monoisotopic (exact) mass is 384 g/mol. The first-order chi connectivity index (χ1) is 9.74. The molecular weight excluding hydrogens is 376 g/mol. The minimum absolute atomic E-state index is 0.0907. The zero-order chi connectivity index (χ0) is 13.9. The van der Waals surface area contributed by atoms with Gasteiger partial charge in [0.05, 0.1) is 16.1 Å². The summed E-state index contributed by atoms with van der Waals surface area (Å²) >= 11 is 12.9. The molecular formula is C14H10BrClN2S2. The Morgan fingerprint density at radius 2 is 2.05 bits per heavy atom. The normalized spacial score (nSPS) is 12.3. The van der Waals surface area contributed by atoms with E-state index in [1.807, 2.05) is 18.2 Å². The highest BCUT2D eigenvalue weighted by Gasteiger charge is 2.18. The number of thiophene rings is 2. The van der Waals surface area contributed by atoms with E-state index in [-0.39, 0.29) is 6.04 Å². The van der Waals surface area contributed by atoms with Gasteiger partial charge in [-0.05, 0) is 51.6 Å². The molecule has 2 nitrogen and oxygen atoms in total. The first-order valence-corrected chi connectivity index (χ1v) is 8.76. The number of hydrogen-bond acceptors (Lipinski definition) is 4. The fourth-order valence-corrected chi connectivity index (χ4v) is 4.23. The lowest BCUT2D eigenvalue weighted by Gasteiger charge is -2.18. The Kier molecular flexibility index (Phi) is 4.41. The lowest BCUT2D eigenvalue weighted by Crippen LogP contribution is -2.10. The molecule has 1 N–H and O–H groups in total. The van der Waals surface area contributed by atoms with Crippen LogP contribution >= 0.6 is 50.2 Å². The Hall–Kier alpha value is -0.880. The zero-order valence-corrected chi connectivity index (χ0v) is 14.2. The Balaban J connectivity index is 1.97. The van der Waals surface area contributed by atoms with E-state index in [4.69, 9.17) is 11.6 Å². The van der Waals surface area contributed by atoms with E-state index in [2.05, 4.69) is 49.8 Å². The summed E-state index contributed by atoms with van der Waals surface area (Å²) in [5.41, 5.74) is 0.968. The van der Waals surface area contributed by atoms with Gasteiger partial charge >= 0.3 is 0 Å². The Labute approximate surface area is 138 Å². The van der Waals surface area contributed by atoms with Crippen molar-refractivity contribution in [1.82, 2.24) is 4.98 Å². The fourth-order valence-electron chi connectivity index (χ4n) is 1.87. The van der Waals surface area contributed by atoms with Crippen LogP contribution in [0.25, 0.3) is 0 Å². The molecule has 3 aromatic heterocycles. The van der Waals surface area contributed by atoms with Crippen molar-refractivity contribution in [3.8, 4) is 0 Å². The van der Waals surface area contributed by atoms with Gasteiger partial charge < -0.3 is 5.32 Å². The molecule has 0 aromatic carbocycles. The number of pyridine rings is 1. The number of rotatable bonds is 4. The van der Waals surface area contributed by atoms with Crippen LogP contribution in [-0.2, 0) is 0 Å². The standard InChI is InChI=1S/C14H10BrClN2S2/c15-14-9(3-1-7-17-14)18-13(10-4-2-8-19-10)11-5-6-12(16)20-11/h1-8,13,18H. The van der Waals surface area contributed by atoms with Crippen molar-refractivity contribution in [2.45, 2.75) is 6.04 Å². The summed E-state index contributed by atoms with van der Waals surface area (Å²) < 4.78 is 1.61. The minimum Gasteiger partial charge on any atom is -0.371 e. The topological polar surface area (TPSA) is 24.9 Å². The molecule has 0 spiro atoms. The Morgan fingerprint density at radius 1 is 1.15 bits per heavy atom. The van der Waals surface area contributed by atoms with Crippen LogP contribution in [0, 0.1) is 0 Å². The maximum absolute atomic E-state index is 6.07. The summed E-state index contributed by atoms with van der Waals surface area (Å²) in [5, 5.41) is 5.61. The average molecular weight is 386 g/mol. The summed E-state index contributed by atoms with van der Waals surface area (Å²) in [5.74, 6) is 0. The number of nitrogens with zero attached hydrogens (tertiary/aromatic N) is 1. The molecule has 0 saturated carbocycles. The van der Waals surface area contributed by atoms with E-state index in [9.17, 15) is 0 Å². The number of anilines is 1. The Morgan fingerprint density at radius 3 is 2.70 bits per heavy atom. The molecule has 3 heterocycles. The second-order valence-electron chi connectivity index (χ2n) is 4.08. The van der Waals surface area contributed by atoms with Gasteiger partial charge in [-0.2, -0.15) is 0 Å². The summed E-state index contributed by atoms with van der Waals surface area (Å²) in [6.45, 7) is 0. The van der Waals surface area contributed by atoms with Crippen molar-refractivity contribution < 1.29 is 0 Å². The molecule has 0 aliphatic heterocycles. The lowest BCUT2D eigenvalue weighted by molar-refractivity contribution is 0.985.